The Balaban J connectivity index is 1.41. The van der Waals surface area contributed by atoms with Crippen LogP contribution in [-0.4, -0.2) is 39.7 Å². The van der Waals surface area contributed by atoms with Crippen LogP contribution in [0.15, 0.2) is 59.8 Å². The van der Waals surface area contributed by atoms with Crippen LogP contribution >= 0.6 is 11.8 Å². The number of nitrogens with zero attached hydrogens (tertiary/aromatic N) is 4. The summed E-state index contributed by atoms with van der Waals surface area (Å²) in [5, 5.41) is 12.8. The van der Waals surface area contributed by atoms with Crippen LogP contribution in [-0.2, 0) is 6.54 Å². The maximum absolute atomic E-state index is 5.72. The second-order valence-electron chi connectivity index (χ2n) is 5.33. The Bertz CT molecular complexity index is 762. The fourth-order valence-electron chi connectivity index (χ4n) is 2.24. The zero-order chi connectivity index (χ0) is 17.3. The monoisotopic (exact) mass is 356 g/mol. The fourth-order valence-corrected chi connectivity index (χ4v) is 3.03. The predicted octanol–water partition coefficient (Wildman–Crippen LogP) is 3.29. The standard InChI is InChI=1S/C18H20N4O2S/c1-23-16-8-10-17(11-9-16)24-12-5-13-25-18-19-20-21-22(18)14-15-6-3-2-4-7-15/h2-4,6-11H,5,12-14H2,1H3. The van der Waals surface area contributed by atoms with E-state index in [2.05, 4.69) is 27.7 Å². The van der Waals surface area contributed by atoms with Gasteiger partial charge in [-0.1, -0.05) is 42.1 Å². The van der Waals surface area contributed by atoms with E-state index in [1.54, 1.807) is 18.9 Å². The number of aromatic nitrogens is 4. The van der Waals surface area contributed by atoms with Gasteiger partial charge in [0.25, 0.3) is 0 Å². The van der Waals surface area contributed by atoms with Gasteiger partial charge in [0.2, 0.25) is 5.16 Å². The summed E-state index contributed by atoms with van der Waals surface area (Å²) in [5.74, 6) is 2.57. The van der Waals surface area contributed by atoms with Gasteiger partial charge in [-0.25, -0.2) is 4.68 Å². The SMILES string of the molecule is COc1ccc(OCCCSc2nnnn2Cc2ccccc2)cc1. The smallest absolute Gasteiger partial charge is 0.209 e. The zero-order valence-corrected chi connectivity index (χ0v) is 14.9. The first-order chi connectivity index (χ1) is 12.3. The van der Waals surface area contributed by atoms with Crippen molar-refractivity contribution >= 4 is 11.8 Å². The number of thioether (sulfide) groups is 1. The maximum atomic E-state index is 5.72. The first-order valence-corrected chi connectivity index (χ1v) is 9.03. The molecule has 0 saturated heterocycles. The molecule has 0 aliphatic heterocycles. The molecule has 0 spiro atoms. The molecule has 0 aliphatic carbocycles. The third-order valence-electron chi connectivity index (χ3n) is 3.52. The van der Waals surface area contributed by atoms with Gasteiger partial charge >= 0.3 is 0 Å². The third-order valence-corrected chi connectivity index (χ3v) is 4.57. The van der Waals surface area contributed by atoms with E-state index in [9.17, 15) is 0 Å². The molecule has 130 valence electrons. The Morgan fingerprint density at radius 3 is 2.52 bits per heavy atom. The largest absolute Gasteiger partial charge is 0.497 e. The van der Waals surface area contributed by atoms with Crippen LogP contribution in [0.2, 0.25) is 0 Å². The maximum Gasteiger partial charge on any atom is 0.209 e. The van der Waals surface area contributed by atoms with Crippen molar-refractivity contribution in [1.82, 2.24) is 20.2 Å². The van der Waals surface area contributed by atoms with E-state index in [1.807, 2.05) is 47.1 Å². The second kappa shape index (κ2) is 9.08. The van der Waals surface area contributed by atoms with E-state index in [0.29, 0.717) is 13.2 Å². The van der Waals surface area contributed by atoms with Crippen LogP contribution in [0.3, 0.4) is 0 Å². The van der Waals surface area contributed by atoms with Crippen LogP contribution in [0.5, 0.6) is 11.5 Å². The summed E-state index contributed by atoms with van der Waals surface area (Å²) < 4.78 is 12.7. The lowest BCUT2D eigenvalue weighted by atomic mass is 10.2. The Kier molecular flexibility index (Phi) is 6.28. The van der Waals surface area contributed by atoms with Crippen molar-refractivity contribution in [1.29, 1.82) is 0 Å². The normalized spacial score (nSPS) is 10.6. The minimum absolute atomic E-state index is 0.652. The molecule has 2 aromatic carbocycles. The van der Waals surface area contributed by atoms with Crippen molar-refractivity contribution in [3.63, 3.8) is 0 Å². The summed E-state index contributed by atoms with van der Waals surface area (Å²) in [5.41, 5.74) is 1.18. The van der Waals surface area contributed by atoms with Crippen molar-refractivity contribution in [2.24, 2.45) is 0 Å². The Morgan fingerprint density at radius 2 is 1.76 bits per heavy atom. The molecule has 0 saturated carbocycles. The molecular formula is C18H20N4O2S. The molecule has 1 aromatic heterocycles. The van der Waals surface area contributed by atoms with E-state index in [-0.39, 0.29) is 0 Å². The van der Waals surface area contributed by atoms with Crippen LogP contribution in [0.1, 0.15) is 12.0 Å². The van der Waals surface area contributed by atoms with Crippen LogP contribution < -0.4 is 9.47 Å². The van der Waals surface area contributed by atoms with Gasteiger partial charge in [-0.2, -0.15) is 0 Å². The Hall–Kier alpha value is -2.54. The fraction of sp³-hybridized carbons (Fsp3) is 0.278. The number of methoxy groups -OCH3 is 1. The molecule has 0 unspecified atom stereocenters. The molecule has 3 aromatic rings. The topological polar surface area (TPSA) is 62.1 Å². The highest BCUT2D eigenvalue weighted by atomic mass is 32.2. The number of hydrogen-bond donors (Lipinski definition) is 0. The number of tetrazole rings is 1. The first-order valence-electron chi connectivity index (χ1n) is 8.05. The van der Waals surface area contributed by atoms with Crippen molar-refractivity contribution in [2.75, 3.05) is 19.5 Å². The molecule has 0 radical (unpaired) electrons. The third kappa shape index (κ3) is 5.22. The summed E-state index contributed by atoms with van der Waals surface area (Å²) in [4.78, 5) is 0. The zero-order valence-electron chi connectivity index (χ0n) is 14.0. The van der Waals surface area contributed by atoms with Crippen molar-refractivity contribution in [2.45, 2.75) is 18.1 Å². The molecule has 0 N–H and O–H groups in total. The summed E-state index contributed by atoms with van der Waals surface area (Å²) in [7, 11) is 1.65. The number of benzene rings is 2. The lowest BCUT2D eigenvalue weighted by molar-refractivity contribution is 0.318. The van der Waals surface area contributed by atoms with Crippen molar-refractivity contribution in [3.05, 3.63) is 60.2 Å². The summed E-state index contributed by atoms with van der Waals surface area (Å²) in [6.45, 7) is 1.33. The van der Waals surface area contributed by atoms with Gasteiger partial charge in [0.05, 0.1) is 20.3 Å². The molecule has 25 heavy (non-hydrogen) atoms. The van der Waals surface area contributed by atoms with Gasteiger partial charge < -0.3 is 9.47 Å². The predicted molar refractivity (Wildman–Crippen MR) is 97.2 cm³/mol. The highest BCUT2D eigenvalue weighted by molar-refractivity contribution is 7.99. The van der Waals surface area contributed by atoms with E-state index >= 15 is 0 Å². The molecule has 7 heteroatoms. The van der Waals surface area contributed by atoms with Gasteiger partial charge in [-0.3, -0.25) is 0 Å². The molecule has 0 atom stereocenters. The minimum Gasteiger partial charge on any atom is -0.497 e. The van der Waals surface area contributed by atoms with Gasteiger partial charge in [0.1, 0.15) is 11.5 Å². The van der Waals surface area contributed by atoms with Gasteiger partial charge in [-0.05, 0) is 46.7 Å². The van der Waals surface area contributed by atoms with Gasteiger partial charge in [0.15, 0.2) is 0 Å². The molecule has 0 aliphatic rings. The molecule has 0 amide bonds. The van der Waals surface area contributed by atoms with Crippen LogP contribution in [0.4, 0.5) is 0 Å². The van der Waals surface area contributed by atoms with Crippen LogP contribution in [0.25, 0.3) is 0 Å². The number of rotatable bonds is 9. The molecule has 0 bridgehead atoms. The summed E-state index contributed by atoms with van der Waals surface area (Å²) in [6.07, 6.45) is 0.912. The summed E-state index contributed by atoms with van der Waals surface area (Å²) in [6, 6.07) is 17.8. The molecular weight excluding hydrogens is 336 g/mol. The lowest BCUT2D eigenvalue weighted by Crippen LogP contribution is -2.04. The van der Waals surface area contributed by atoms with Gasteiger partial charge in [-0.15, -0.1) is 5.10 Å². The Labute approximate surface area is 151 Å². The quantitative estimate of drug-likeness (QED) is 0.433. The minimum atomic E-state index is 0.652. The highest BCUT2D eigenvalue weighted by Crippen LogP contribution is 2.19. The lowest BCUT2D eigenvalue weighted by Gasteiger charge is -2.07. The van der Waals surface area contributed by atoms with E-state index in [4.69, 9.17) is 9.47 Å². The average Bonchev–Trinajstić information content (AvgIpc) is 3.10. The number of hydrogen-bond acceptors (Lipinski definition) is 6. The second-order valence-corrected chi connectivity index (χ2v) is 6.39. The Morgan fingerprint density at radius 1 is 1.00 bits per heavy atom. The van der Waals surface area contributed by atoms with Crippen molar-refractivity contribution in [3.8, 4) is 11.5 Å². The molecule has 1 heterocycles. The average molecular weight is 356 g/mol. The van der Waals surface area contributed by atoms with E-state index in [0.717, 1.165) is 28.8 Å². The van der Waals surface area contributed by atoms with Crippen molar-refractivity contribution < 1.29 is 9.47 Å². The molecule has 0 fully saturated rings. The molecule has 3 rings (SSSR count). The van der Waals surface area contributed by atoms with E-state index < -0.39 is 0 Å². The number of ether oxygens (including phenoxy) is 2. The first kappa shape index (κ1) is 17.3. The van der Waals surface area contributed by atoms with Crippen LogP contribution in [0, 0.1) is 0 Å². The van der Waals surface area contributed by atoms with Gasteiger partial charge in [0, 0.05) is 5.75 Å². The summed E-state index contributed by atoms with van der Waals surface area (Å²) >= 11 is 1.64. The molecule has 6 nitrogen and oxygen atoms in total. The highest BCUT2D eigenvalue weighted by Gasteiger charge is 2.07. The van der Waals surface area contributed by atoms with E-state index in [1.165, 1.54) is 5.56 Å².